The molecule has 11 nitrogen and oxygen atoms in total. The van der Waals surface area contributed by atoms with E-state index in [1.807, 2.05) is 16.7 Å². The maximum Gasteiger partial charge on any atom is 0.267 e. The van der Waals surface area contributed by atoms with E-state index in [1.165, 1.54) is 0 Å². The molecule has 0 unspecified atom stereocenters. The van der Waals surface area contributed by atoms with Crippen molar-refractivity contribution in [3.05, 3.63) is 58.9 Å². The standard InChI is InChI=1S/C18H20N8O3/c1-2-12(14(19)27)23-18-24-16(13(15(20)28)17(29)25-18)22-10-3-5-11(6-4-10)26-8-7-21-9-26/h3-9,12H,2H2,1H3,(H2,19,27)(H2,20,28)(H3,22,23,24,25,29)/t12-/m1/s1. The molecular weight excluding hydrogens is 376 g/mol. The number of benzene rings is 1. The van der Waals surface area contributed by atoms with E-state index < -0.39 is 23.4 Å². The van der Waals surface area contributed by atoms with Crippen molar-refractivity contribution >= 4 is 29.3 Å². The molecule has 0 saturated heterocycles. The van der Waals surface area contributed by atoms with Crippen LogP contribution in [0, 0.1) is 0 Å². The zero-order valence-electron chi connectivity index (χ0n) is 15.5. The number of hydrogen-bond donors (Lipinski definition) is 5. The predicted molar refractivity (Wildman–Crippen MR) is 107 cm³/mol. The van der Waals surface area contributed by atoms with E-state index in [1.54, 1.807) is 37.8 Å². The number of carbonyl (C=O) groups excluding carboxylic acids is 2. The molecule has 2 amide bonds. The van der Waals surface area contributed by atoms with Crippen LogP contribution in [0.25, 0.3) is 5.69 Å². The summed E-state index contributed by atoms with van der Waals surface area (Å²) in [5.41, 5.74) is 11.0. The van der Waals surface area contributed by atoms with Gasteiger partial charge in [-0.15, -0.1) is 0 Å². The number of anilines is 3. The Hall–Kier alpha value is -4.15. The lowest BCUT2D eigenvalue weighted by molar-refractivity contribution is -0.118. The zero-order chi connectivity index (χ0) is 21.0. The predicted octanol–water partition coefficient (Wildman–Crippen LogP) is 0.474. The molecule has 0 radical (unpaired) electrons. The van der Waals surface area contributed by atoms with E-state index in [-0.39, 0.29) is 17.3 Å². The summed E-state index contributed by atoms with van der Waals surface area (Å²) in [5.74, 6) is -1.59. The van der Waals surface area contributed by atoms with Crippen molar-refractivity contribution in [1.82, 2.24) is 19.5 Å². The molecule has 3 rings (SSSR count). The minimum Gasteiger partial charge on any atom is -0.368 e. The molecule has 1 aromatic carbocycles. The molecule has 3 aromatic rings. The second-order valence-corrected chi connectivity index (χ2v) is 6.15. The van der Waals surface area contributed by atoms with Crippen LogP contribution in [0.15, 0.2) is 47.8 Å². The summed E-state index contributed by atoms with van der Waals surface area (Å²) < 4.78 is 1.82. The summed E-state index contributed by atoms with van der Waals surface area (Å²) in [4.78, 5) is 46.1. The smallest absolute Gasteiger partial charge is 0.267 e. The molecule has 11 heteroatoms. The van der Waals surface area contributed by atoms with Gasteiger partial charge in [-0.2, -0.15) is 4.98 Å². The molecule has 0 aliphatic carbocycles. The molecule has 0 aliphatic rings. The number of amides is 2. The number of hydrogen-bond acceptors (Lipinski definition) is 7. The lowest BCUT2D eigenvalue weighted by Crippen LogP contribution is -2.36. The second-order valence-electron chi connectivity index (χ2n) is 6.15. The Kier molecular flexibility index (Phi) is 5.58. The topological polar surface area (TPSA) is 174 Å². The Morgan fingerprint density at radius 2 is 1.97 bits per heavy atom. The third-order valence-electron chi connectivity index (χ3n) is 4.16. The first kappa shape index (κ1) is 19.6. The summed E-state index contributed by atoms with van der Waals surface area (Å²) >= 11 is 0. The molecule has 0 saturated carbocycles. The molecule has 7 N–H and O–H groups in total. The van der Waals surface area contributed by atoms with Gasteiger partial charge in [0.05, 0.1) is 6.33 Å². The molecule has 0 fully saturated rings. The Morgan fingerprint density at radius 3 is 2.52 bits per heavy atom. The minimum absolute atomic E-state index is 0.0109. The number of nitrogens with two attached hydrogens (primary N) is 2. The maximum absolute atomic E-state index is 12.3. The second kappa shape index (κ2) is 8.25. The molecular formula is C18H20N8O3. The van der Waals surface area contributed by atoms with E-state index in [0.29, 0.717) is 12.1 Å². The number of primary amides is 2. The first-order valence-electron chi connectivity index (χ1n) is 8.74. The lowest BCUT2D eigenvalue weighted by atomic mass is 10.2. The quantitative estimate of drug-likeness (QED) is 0.368. The zero-order valence-corrected chi connectivity index (χ0v) is 15.5. The highest BCUT2D eigenvalue weighted by molar-refractivity contribution is 5.98. The van der Waals surface area contributed by atoms with Crippen molar-refractivity contribution < 1.29 is 9.59 Å². The van der Waals surface area contributed by atoms with Crippen molar-refractivity contribution in [2.75, 3.05) is 10.6 Å². The van der Waals surface area contributed by atoms with Gasteiger partial charge in [0, 0.05) is 23.8 Å². The number of imidazole rings is 1. The van der Waals surface area contributed by atoms with Gasteiger partial charge in [-0.3, -0.25) is 19.4 Å². The van der Waals surface area contributed by atoms with Crippen LogP contribution in [0.3, 0.4) is 0 Å². The average Bonchev–Trinajstić information content (AvgIpc) is 3.20. The van der Waals surface area contributed by atoms with Crippen LogP contribution in [0.4, 0.5) is 17.5 Å². The Labute approximate surface area is 165 Å². The van der Waals surface area contributed by atoms with E-state index >= 15 is 0 Å². The van der Waals surface area contributed by atoms with Gasteiger partial charge < -0.3 is 26.7 Å². The number of rotatable bonds is 8. The third kappa shape index (κ3) is 4.40. The van der Waals surface area contributed by atoms with Crippen LogP contribution in [0.2, 0.25) is 0 Å². The number of nitrogens with one attached hydrogen (secondary N) is 3. The van der Waals surface area contributed by atoms with Crippen LogP contribution >= 0.6 is 0 Å². The third-order valence-corrected chi connectivity index (χ3v) is 4.16. The van der Waals surface area contributed by atoms with E-state index in [0.717, 1.165) is 5.69 Å². The summed E-state index contributed by atoms with van der Waals surface area (Å²) in [5, 5.41) is 5.66. The van der Waals surface area contributed by atoms with Gasteiger partial charge in [0.15, 0.2) is 5.82 Å². The van der Waals surface area contributed by atoms with Crippen molar-refractivity contribution in [2.45, 2.75) is 19.4 Å². The molecule has 2 aromatic heterocycles. The van der Waals surface area contributed by atoms with Gasteiger partial charge >= 0.3 is 0 Å². The average molecular weight is 396 g/mol. The van der Waals surface area contributed by atoms with Crippen LogP contribution in [0.5, 0.6) is 0 Å². The summed E-state index contributed by atoms with van der Waals surface area (Å²) in [7, 11) is 0. The van der Waals surface area contributed by atoms with Gasteiger partial charge in [-0.1, -0.05) is 6.92 Å². The SMILES string of the molecule is CC[C@@H](Nc1nc(Nc2ccc(-n3ccnc3)cc2)c(C(N)=O)c(=O)[nH]1)C(N)=O. The largest absolute Gasteiger partial charge is 0.368 e. The Balaban J connectivity index is 1.93. The molecule has 0 bridgehead atoms. The molecule has 0 spiro atoms. The first-order chi connectivity index (χ1) is 13.9. The highest BCUT2D eigenvalue weighted by atomic mass is 16.2. The van der Waals surface area contributed by atoms with Gasteiger partial charge in [-0.25, -0.2) is 4.98 Å². The Morgan fingerprint density at radius 1 is 1.24 bits per heavy atom. The van der Waals surface area contributed by atoms with Gasteiger partial charge in [0.2, 0.25) is 11.9 Å². The maximum atomic E-state index is 12.3. The number of H-pyrrole nitrogens is 1. The molecule has 29 heavy (non-hydrogen) atoms. The number of carbonyl (C=O) groups is 2. The van der Waals surface area contributed by atoms with Crippen LogP contribution in [0.1, 0.15) is 23.7 Å². The highest BCUT2D eigenvalue weighted by Crippen LogP contribution is 2.20. The first-order valence-corrected chi connectivity index (χ1v) is 8.74. The summed E-state index contributed by atoms with van der Waals surface area (Å²) in [6.07, 6.45) is 5.50. The van der Waals surface area contributed by atoms with E-state index in [2.05, 4.69) is 25.6 Å². The summed E-state index contributed by atoms with van der Waals surface area (Å²) in [6, 6.07) is 6.39. The van der Waals surface area contributed by atoms with Gasteiger partial charge in [0.1, 0.15) is 11.6 Å². The van der Waals surface area contributed by atoms with Crippen molar-refractivity contribution in [1.29, 1.82) is 0 Å². The van der Waals surface area contributed by atoms with Gasteiger partial charge in [0.25, 0.3) is 11.5 Å². The number of aromatic amines is 1. The normalized spacial score (nSPS) is 11.6. The molecule has 150 valence electrons. The van der Waals surface area contributed by atoms with Crippen molar-refractivity contribution in [3.63, 3.8) is 0 Å². The number of aromatic nitrogens is 4. The fourth-order valence-electron chi connectivity index (χ4n) is 2.67. The monoisotopic (exact) mass is 396 g/mol. The van der Waals surface area contributed by atoms with E-state index in [4.69, 9.17) is 11.5 Å². The van der Waals surface area contributed by atoms with Crippen LogP contribution in [-0.2, 0) is 4.79 Å². The van der Waals surface area contributed by atoms with E-state index in [9.17, 15) is 14.4 Å². The number of nitrogens with zero attached hydrogens (tertiary/aromatic N) is 3. The lowest BCUT2D eigenvalue weighted by Gasteiger charge is -2.16. The fraction of sp³-hybridized carbons (Fsp3) is 0.167. The molecule has 1 atom stereocenters. The highest BCUT2D eigenvalue weighted by Gasteiger charge is 2.19. The molecule has 2 heterocycles. The fourth-order valence-corrected chi connectivity index (χ4v) is 2.67. The van der Waals surface area contributed by atoms with Crippen LogP contribution in [-0.4, -0.2) is 37.4 Å². The van der Waals surface area contributed by atoms with Gasteiger partial charge in [-0.05, 0) is 30.7 Å². The van der Waals surface area contributed by atoms with Crippen molar-refractivity contribution in [2.24, 2.45) is 11.5 Å². The Bertz CT molecular complexity index is 1070. The molecule has 0 aliphatic heterocycles. The minimum atomic E-state index is -0.940. The van der Waals surface area contributed by atoms with Crippen LogP contribution < -0.4 is 27.7 Å². The van der Waals surface area contributed by atoms with Crippen molar-refractivity contribution in [3.8, 4) is 5.69 Å². The summed E-state index contributed by atoms with van der Waals surface area (Å²) in [6.45, 7) is 1.75.